The molecular weight excluding hydrogens is 406 g/mol. The standard InChI is InChI=1S/C25H27N3O4/c1-15-11-17(3-4-18(15)12-26)24(30)27-19-7-9-28(10-8-19)13-23(29)20-5-6-21-22(16(20)2)14-32-25(21)31/h3-6,11,19,23,29H,7-10,13-14H2,1-2H3,(H,27,30). The zero-order valence-corrected chi connectivity index (χ0v) is 18.4. The van der Waals surface area contributed by atoms with E-state index in [1.165, 1.54) is 0 Å². The van der Waals surface area contributed by atoms with Crippen LogP contribution in [0.2, 0.25) is 0 Å². The molecule has 0 radical (unpaired) electrons. The first kappa shape index (κ1) is 22.0. The number of amides is 1. The number of aryl methyl sites for hydroxylation is 1. The number of nitrogens with zero attached hydrogens (tertiary/aromatic N) is 2. The van der Waals surface area contributed by atoms with Gasteiger partial charge in [0.25, 0.3) is 5.91 Å². The van der Waals surface area contributed by atoms with E-state index in [4.69, 9.17) is 10.00 Å². The van der Waals surface area contributed by atoms with Crippen molar-refractivity contribution in [2.45, 2.75) is 45.4 Å². The normalized spacial score (nSPS) is 17.4. The van der Waals surface area contributed by atoms with Crippen LogP contribution < -0.4 is 5.32 Å². The number of carbonyl (C=O) groups excluding carboxylic acids is 2. The molecule has 2 N–H and O–H groups in total. The highest BCUT2D eigenvalue weighted by atomic mass is 16.5. The van der Waals surface area contributed by atoms with Crippen LogP contribution in [0, 0.1) is 25.2 Å². The van der Waals surface area contributed by atoms with Gasteiger partial charge in [0, 0.05) is 36.8 Å². The topological polar surface area (TPSA) is 103 Å². The van der Waals surface area contributed by atoms with E-state index in [2.05, 4.69) is 16.3 Å². The lowest BCUT2D eigenvalue weighted by Gasteiger charge is -2.33. The van der Waals surface area contributed by atoms with Crippen LogP contribution in [0.25, 0.3) is 0 Å². The Balaban J connectivity index is 1.31. The quantitative estimate of drug-likeness (QED) is 0.703. The smallest absolute Gasteiger partial charge is 0.338 e. The molecule has 1 amide bonds. The van der Waals surface area contributed by atoms with Crippen molar-refractivity contribution in [3.63, 3.8) is 0 Å². The number of carbonyl (C=O) groups is 2. The molecule has 2 heterocycles. The van der Waals surface area contributed by atoms with E-state index < -0.39 is 6.10 Å². The first-order valence-corrected chi connectivity index (χ1v) is 10.9. The van der Waals surface area contributed by atoms with Gasteiger partial charge in [0.1, 0.15) is 6.61 Å². The fourth-order valence-electron chi connectivity index (χ4n) is 4.53. The Morgan fingerprint density at radius 1 is 1.28 bits per heavy atom. The van der Waals surface area contributed by atoms with Crippen molar-refractivity contribution in [1.82, 2.24) is 10.2 Å². The summed E-state index contributed by atoms with van der Waals surface area (Å²) in [5, 5.41) is 23.0. The van der Waals surface area contributed by atoms with Gasteiger partial charge in [-0.2, -0.15) is 5.26 Å². The van der Waals surface area contributed by atoms with Crippen LogP contribution in [0.15, 0.2) is 30.3 Å². The van der Waals surface area contributed by atoms with E-state index in [1.54, 1.807) is 24.3 Å². The Labute approximate surface area is 187 Å². The van der Waals surface area contributed by atoms with Crippen molar-refractivity contribution in [2.75, 3.05) is 19.6 Å². The van der Waals surface area contributed by atoms with Crippen molar-refractivity contribution in [3.8, 4) is 6.07 Å². The maximum Gasteiger partial charge on any atom is 0.338 e. The lowest BCUT2D eigenvalue weighted by Crippen LogP contribution is -2.45. The monoisotopic (exact) mass is 433 g/mol. The summed E-state index contributed by atoms with van der Waals surface area (Å²) in [5.74, 6) is -0.425. The number of fused-ring (bicyclic) bond motifs is 1. The number of ether oxygens (including phenoxy) is 1. The Hall–Kier alpha value is -3.21. The number of aliphatic hydroxyl groups is 1. The van der Waals surface area contributed by atoms with Crippen molar-refractivity contribution >= 4 is 11.9 Å². The van der Waals surface area contributed by atoms with Crippen LogP contribution in [0.5, 0.6) is 0 Å². The summed E-state index contributed by atoms with van der Waals surface area (Å²) >= 11 is 0. The van der Waals surface area contributed by atoms with Gasteiger partial charge in [0.2, 0.25) is 0 Å². The molecule has 32 heavy (non-hydrogen) atoms. The zero-order valence-electron chi connectivity index (χ0n) is 18.4. The van der Waals surface area contributed by atoms with Crippen molar-refractivity contribution < 1.29 is 19.4 Å². The number of aliphatic hydroxyl groups excluding tert-OH is 1. The number of nitriles is 1. The molecule has 4 rings (SSSR count). The average molecular weight is 434 g/mol. The van der Waals surface area contributed by atoms with E-state index in [1.807, 2.05) is 19.9 Å². The molecule has 0 saturated carbocycles. The number of piperidine rings is 1. The summed E-state index contributed by atoms with van der Waals surface area (Å²) in [6.45, 7) is 6.08. The SMILES string of the molecule is Cc1cc(C(=O)NC2CCN(CC(O)c3ccc4c(c3C)COC4=O)CC2)ccc1C#N. The second-order valence-electron chi connectivity index (χ2n) is 8.59. The van der Waals surface area contributed by atoms with E-state index in [-0.39, 0.29) is 24.5 Å². The van der Waals surface area contributed by atoms with Gasteiger partial charge in [-0.05, 0) is 67.6 Å². The third kappa shape index (κ3) is 4.38. The van der Waals surface area contributed by atoms with E-state index in [0.717, 1.165) is 48.2 Å². The number of hydrogen-bond donors (Lipinski definition) is 2. The van der Waals surface area contributed by atoms with Gasteiger partial charge in [0.05, 0.1) is 23.3 Å². The van der Waals surface area contributed by atoms with E-state index in [0.29, 0.717) is 23.2 Å². The summed E-state index contributed by atoms with van der Waals surface area (Å²) < 4.78 is 5.10. The maximum absolute atomic E-state index is 12.6. The average Bonchev–Trinajstić information content (AvgIpc) is 3.16. The predicted molar refractivity (Wildman–Crippen MR) is 118 cm³/mol. The number of likely N-dealkylation sites (tertiary alicyclic amines) is 1. The Morgan fingerprint density at radius 3 is 2.72 bits per heavy atom. The molecule has 0 aliphatic carbocycles. The fraction of sp³-hybridized carbons (Fsp3) is 0.400. The Bertz CT molecular complexity index is 1100. The number of hydrogen-bond acceptors (Lipinski definition) is 6. The molecule has 2 aliphatic heterocycles. The molecule has 0 bridgehead atoms. The first-order chi connectivity index (χ1) is 15.4. The summed E-state index contributed by atoms with van der Waals surface area (Å²) in [6.07, 6.45) is 0.960. The molecule has 7 heteroatoms. The van der Waals surface area contributed by atoms with Gasteiger partial charge >= 0.3 is 5.97 Å². The third-order valence-corrected chi connectivity index (χ3v) is 6.53. The molecule has 2 aromatic carbocycles. The van der Waals surface area contributed by atoms with Crippen LogP contribution in [0.3, 0.4) is 0 Å². The van der Waals surface area contributed by atoms with Gasteiger partial charge in [0.15, 0.2) is 0 Å². The van der Waals surface area contributed by atoms with Crippen LogP contribution in [-0.4, -0.2) is 47.6 Å². The number of rotatable bonds is 5. The molecule has 1 saturated heterocycles. The van der Waals surface area contributed by atoms with Crippen LogP contribution >= 0.6 is 0 Å². The molecule has 0 spiro atoms. The van der Waals surface area contributed by atoms with Gasteiger partial charge in [-0.25, -0.2) is 4.79 Å². The predicted octanol–water partition coefficient (Wildman–Crippen LogP) is 2.77. The molecule has 2 aliphatic rings. The van der Waals surface area contributed by atoms with Gasteiger partial charge in [-0.15, -0.1) is 0 Å². The highest BCUT2D eigenvalue weighted by Crippen LogP contribution is 2.29. The maximum atomic E-state index is 12.6. The molecule has 1 atom stereocenters. The van der Waals surface area contributed by atoms with Crippen molar-refractivity contribution in [3.05, 3.63) is 69.3 Å². The van der Waals surface area contributed by atoms with E-state index >= 15 is 0 Å². The number of benzene rings is 2. The molecule has 7 nitrogen and oxygen atoms in total. The highest BCUT2D eigenvalue weighted by molar-refractivity contribution is 5.95. The number of cyclic esters (lactones) is 1. The third-order valence-electron chi connectivity index (χ3n) is 6.53. The fourth-order valence-corrected chi connectivity index (χ4v) is 4.53. The second kappa shape index (κ2) is 9.11. The zero-order chi connectivity index (χ0) is 22.8. The molecule has 2 aromatic rings. The Kier molecular flexibility index (Phi) is 6.26. The largest absolute Gasteiger partial charge is 0.457 e. The van der Waals surface area contributed by atoms with Crippen LogP contribution in [0.1, 0.15) is 67.5 Å². The molecule has 1 unspecified atom stereocenters. The minimum Gasteiger partial charge on any atom is -0.457 e. The van der Waals surface area contributed by atoms with Gasteiger partial charge < -0.3 is 20.1 Å². The molecule has 166 valence electrons. The summed E-state index contributed by atoms with van der Waals surface area (Å²) in [5.41, 5.74) is 5.13. The Morgan fingerprint density at radius 2 is 2.03 bits per heavy atom. The van der Waals surface area contributed by atoms with Crippen molar-refractivity contribution in [2.24, 2.45) is 0 Å². The van der Waals surface area contributed by atoms with Crippen LogP contribution in [-0.2, 0) is 11.3 Å². The first-order valence-electron chi connectivity index (χ1n) is 10.9. The lowest BCUT2D eigenvalue weighted by molar-refractivity contribution is 0.0534. The second-order valence-corrected chi connectivity index (χ2v) is 8.59. The number of nitrogens with one attached hydrogen (secondary N) is 1. The summed E-state index contributed by atoms with van der Waals surface area (Å²) in [6, 6.07) is 10.9. The number of esters is 1. The highest BCUT2D eigenvalue weighted by Gasteiger charge is 2.27. The molecule has 0 aromatic heterocycles. The lowest BCUT2D eigenvalue weighted by atomic mass is 9.94. The minimum atomic E-state index is -0.649. The minimum absolute atomic E-state index is 0.0803. The van der Waals surface area contributed by atoms with E-state index in [9.17, 15) is 14.7 Å². The number of β-amino-alcohol motifs (C(OH)–C–C–N with tert-alkyl or cyclic N) is 1. The molecule has 1 fully saturated rings. The van der Waals surface area contributed by atoms with Gasteiger partial charge in [-0.1, -0.05) is 6.07 Å². The summed E-state index contributed by atoms with van der Waals surface area (Å²) in [7, 11) is 0. The van der Waals surface area contributed by atoms with Crippen LogP contribution in [0.4, 0.5) is 0 Å². The summed E-state index contributed by atoms with van der Waals surface area (Å²) in [4.78, 5) is 26.5. The van der Waals surface area contributed by atoms with Crippen molar-refractivity contribution in [1.29, 1.82) is 5.26 Å². The molecular formula is C25H27N3O4. The van der Waals surface area contributed by atoms with Gasteiger partial charge in [-0.3, -0.25) is 4.79 Å².